The van der Waals surface area contributed by atoms with E-state index in [1.807, 2.05) is 39.0 Å². The van der Waals surface area contributed by atoms with Gasteiger partial charge < -0.3 is 20.3 Å². The molecule has 0 bridgehead atoms. The van der Waals surface area contributed by atoms with Crippen LogP contribution in [0, 0.1) is 0 Å². The van der Waals surface area contributed by atoms with E-state index >= 15 is 0 Å². The Hall–Kier alpha value is -1.59. The number of hydrogen-bond donors (Lipinski definition) is 3. The molecule has 0 heterocycles. The van der Waals surface area contributed by atoms with Crippen molar-refractivity contribution < 1.29 is 19.7 Å². The van der Waals surface area contributed by atoms with Gasteiger partial charge in [-0.1, -0.05) is 30.3 Å². The molecule has 138 valence electrons. The van der Waals surface area contributed by atoms with Crippen LogP contribution in [0.3, 0.4) is 0 Å². The van der Waals surface area contributed by atoms with E-state index in [4.69, 9.17) is 9.84 Å². The molecule has 0 aliphatic heterocycles. The summed E-state index contributed by atoms with van der Waals surface area (Å²) < 4.78 is 5.13. The molecular formula is C19H33NO4. The number of hydrogen-bond acceptors (Lipinski definition) is 4. The number of benzene rings is 1. The summed E-state index contributed by atoms with van der Waals surface area (Å²) in [4.78, 5) is 11.4. The lowest BCUT2D eigenvalue weighted by atomic mass is 10.0. The minimum absolute atomic E-state index is 0.250. The smallest absolute Gasteiger partial charge is 0.407 e. The third-order valence-corrected chi connectivity index (χ3v) is 2.99. The van der Waals surface area contributed by atoms with Crippen LogP contribution in [0.25, 0.3) is 0 Å². The van der Waals surface area contributed by atoms with Gasteiger partial charge in [-0.3, -0.25) is 0 Å². The molecule has 1 amide bonds. The predicted molar refractivity (Wildman–Crippen MR) is 97.0 cm³/mol. The second kappa shape index (κ2) is 12.8. The van der Waals surface area contributed by atoms with Crippen LogP contribution >= 0.6 is 0 Å². The van der Waals surface area contributed by atoms with Gasteiger partial charge in [-0.25, -0.2) is 4.79 Å². The number of carbonyl (C=O) groups is 1. The number of alkyl carbamates (subject to hydrolysis) is 1. The molecule has 1 aromatic carbocycles. The lowest BCUT2D eigenvalue weighted by molar-refractivity contribution is 0.0517. The van der Waals surface area contributed by atoms with Gasteiger partial charge >= 0.3 is 6.09 Å². The van der Waals surface area contributed by atoms with E-state index in [0.717, 1.165) is 19.3 Å². The number of nitrogens with one attached hydrogen (secondary N) is 1. The fourth-order valence-electron chi connectivity index (χ4n) is 1.99. The first-order chi connectivity index (χ1) is 11.3. The Balaban J connectivity index is 0.00000163. The number of carbonyl (C=O) groups excluding carboxylic acids is 1. The van der Waals surface area contributed by atoms with E-state index < -0.39 is 11.7 Å². The summed E-state index contributed by atoms with van der Waals surface area (Å²) in [5.74, 6) is 0. The van der Waals surface area contributed by atoms with Crippen LogP contribution in [-0.2, 0) is 11.2 Å². The SMILES string of the molecule is CC(C)(C)OC(=O)NCCC(O)CCCc1ccccc1.CCO. The van der Waals surface area contributed by atoms with Gasteiger partial charge in [0.2, 0.25) is 0 Å². The monoisotopic (exact) mass is 339 g/mol. The Morgan fingerprint density at radius 3 is 2.33 bits per heavy atom. The molecule has 1 atom stereocenters. The molecule has 3 N–H and O–H groups in total. The van der Waals surface area contributed by atoms with E-state index in [0.29, 0.717) is 13.0 Å². The van der Waals surface area contributed by atoms with Crippen molar-refractivity contribution in [2.45, 2.75) is 65.1 Å². The molecule has 0 fully saturated rings. The predicted octanol–water partition coefficient (Wildman–Crippen LogP) is 3.28. The Kier molecular flexibility index (Phi) is 11.9. The first-order valence-electron chi connectivity index (χ1n) is 8.58. The van der Waals surface area contributed by atoms with Gasteiger partial charge in [0.25, 0.3) is 0 Å². The topological polar surface area (TPSA) is 78.8 Å². The lowest BCUT2D eigenvalue weighted by Crippen LogP contribution is -2.34. The van der Waals surface area contributed by atoms with Crippen molar-refractivity contribution in [1.82, 2.24) is 5.32 Å². The summed E-state index contributed by atoms with van der Waals surface area (Å²) in [7, 11) is 0. The van der Waals surface area contributed by atoms with E-state index in [1.165, 1.54) is 5.56 Å². The van der Waals surface area contributed by atoms with Crippen LogP contribution < -0.4 is 5.32 Å². The number of rotatable bonds is 7. The summed E-state index contributed by atoms with van der Waals surface area (Å²) in [5.41, 5.74) is 0.801. The van der Waals surface area contributed by atoms with Crippen LogP contribution in [0.4, 0.5) is 4.79 Å². The van der Waals surface area contributed by atoms with Gasteiger partial charge in [0.15, 0.2) is 0 Å². The van der Waals surface area contributed by atoms with E-state index in [-0.39, 0.29) is 12.7 Å². The molecule has 0 saturated carbocycles. The van der Waals surface area contributed by atoms with Gasteiger partial charge in [0, 0.05) is 13.2 Å². The van der Waals surface area contributed by atoms with Crippen LogP contribution in [0.1, 0.15) is 52.5 Å². The minimum atomic E-state index is -0.488. The third kappa shape index (κ3) is 14.0. The molecule has 0 radical (unpaired) electrons. The summed E-state index contributed by atoms with van der Waals surface area (Å²) in [6.07, 6.45) is 2.39. The number of ether oxygens (including phenoxy) is 1. The molecular weight excluding hydrogens is 306 g/mol. The molecule has 1 rings (SSSR count). The molecule has 1 aromatic rings. The molecule has 0 aliphatic carbocycles. The molecule has 1 unspecified atom stereocenters. The zero-order valence-corrected chi connectivity index (χ0v) is 15.4. The maximum Gasteiger partial charge on any atom is 0.407 e. The largest absolute Gasteiger partial charge is 0.444 e. The second-order valence-electron chi connectivity index (χ2n) is 6.57. The summed E-state index contributed by atoms with van der Waals surface area (Å²) in [5, 5.41) is 20.1. The Morgan fingerprint density at radius 1 is 1.21 bits per heavy atom. The van der Waals surface area contributed by atoms with Crippen molar-refractivity contribution in [3.05, 3.63) is 35.9 Å². The van der Waals surface area contributed by atoms with Crippen molar-refractivity contribution in [3.8, 4) is 0 Å². The van der Waals surface area contributed by atoms with Crippen molar-refractivity contribution in [2.24, 2.45) is 0 Å². The molecule has 0 aliphatic rings. The van der Waals surface area contributed by atoms with Gasteiger partial charge in [-0.2, -0.15) is 0 Å². The molecule has 0 saturated heterocycles. The molecule has 5 heteroatoms. The highest BCUT2D eigenvalue weighted by Gasteiger charge is 2.15. The van der Waals surface area contributed by atoms with Crippen molar-refractivity contribution in [2.75, 3.05) is 13.2 Å². The van der Waals surface area contributed by atoms with Gasteiger partial charge in [0.1, 0.15) is 5.60 Å². The third-order valence-electron chi connectivity index (χ3n) is 2.99. The number of aliphatic hydroxyl groups excluding tert-OH is 2. The Labute approximate surface area is 146 Å². The fourth-order valence-corrected chi connectivity index (χ4v) is 1.99. The van der Waals surface area contributed by atoms with Gasteiger partial charge in [0.05, 0.1) is 6.10 Å². The zero-order valence-electron chi connectivity index (χ0n) is 15.4. The van der Waals surface area contributed by atoms with Crippen LogP contribution in [0.2, 0.25) is 0 Å². The average Bonchev–Trinajstić information content (AvgIpc) is 2.47. The highest BCUT2D eigenvalue weighted by Crippen LogP contribution is 2.09. The maximum atomic E-state index is 11.4. The normalized spacial score (nSPS) is 11.9. The van der Waals surface area contributed by atoms with Crippen molar-refractivity contribution >= 4 is 6.09 Å². The van der Waals surface area contributed by atoms with Crippen molar-refractivity contribution in [1.29, 1.82) is 0 Å². The highest BCUT2D eigenvalue weighted by molar-refractivity contribution is 5.67. The van der Waals surface area contributed by atoms with E-state index in [1.54, 1.807) is 6.92 Å². The number of aryl methyl sites for hydroxylation is 1. The average molecular weight is 339 g/mol. The zero-order chi connectivity index (χ0) is 18.4. The molecule has 24 heavy (non-hydrogen) atoms. The molecule has 0 aromatic heterocycles. The van der Waals surface area contributed by atoms with Crippen LogP contribution in [-0.4, -0.2) is 41.2 Å². The van der Waals surface area contributed by atoms with Gasteiger partial charge in [-0.05, 0) is 58.9 Å². The second-order valence-corrected chi connectivity index (χ2v) is 6.57. The fraction of sp³-hybridized carbons (Fsp3) is 0.632. The van der Waals surface area contributed by atoms with Crippen molar-refractivity contribution in [3.63, 3.8) is 0 Å². The quantitative estimate of drug-likeness (QED) is 0.712. The highest BCUT2D eigenvalue weighted by atomic mass is 16.6. The lowest BCUT2D eigenvalue weighted by Gasteiger charge is -2.20. The standard InChI is InChI=1S/C17H27NO3.C2H6O/c1-17(2,3)21-16(20)18-13-12-15(19)11-7-10-14-8-5-4-6-9-14;1-2-3/h4-6,8-9,15,19H,7,10-13H2,1-3H3,(H,18,20);3H,2H2,1H3. The first kappa shape index (κ1) is 22.4. The van der Waals surface area contributed by atoms with E-state index in [9.17, 15) is 9.90 Å². The van der Waals surface area contributed by atoms with E-state index in [2.05, 4.69) is 17.4 Å². The first-order valence-corrected chi connectivity index (χ1v) is 8.58. The Bertz CT molecular complexity index is 429. The van der Waals surface area contributed by atoms with Crippen LogP contribution in [0.15, 0.2) is 30.3 Å². The number of aliphatic hydroxyl groups is 2. The Morgan fingerprint density at radius 2 is 1.79 bits per heavy atom. The molecule has 5 nitrogen and oxygen atoms in total. The summed E-state index contributed by atoms with van der Waals surface area (Å²) >= 11 is 0. The van der Waals surface area contributed by atoms with Gasteiger partial charge in [-0.15, -0.1) is 0 Å². The minimum Gasteiger partial charge on any atom is -0.444 e. The summed E-state index contributed by atoms with van der Waals surface area (Å²) in [6.45, 7) is 7.84. The molecule has 0 spiro atoms. The maximum absolute atomic E-state index is 11.4. The number of amides is 1. The summed E-state index contributed by atoms with van der Waals surface area (Å²) in [6, 6.07) is 10.2. The van der Waals surface area contributed by atoms with Crippen LogP contribution in [0.5, 0.6) is 0 Å².